The number of ether oxygens (including phenoxy) is 2. The maximum Gasteiger partial charge on any atom is 0.328 e. The molecular weight excluding hydrogens is 374 g/mol. The summed E-state index contributed by atoms with van der Waals surface area (Å²) in [6.07, 6.45) is 0. The van der Waals surface area contributed by atoms with Gasteiger partial charge in [-0.3, -0.25) is 9.59 Å². The van der Waals surface area contributed by atoms with Gasteiger partial charge in [0.2, 0.25) is 11.8 Å². The minimum absolute atomic E-state index is 0.0862. The van der Waals surface area contributed by atoms with Crippen molar-refractivity contribution in [3.8, 4) is 11.5 Å². The molecule has 0 aromatic heterocycles. The number of carbonyl (C=O) groups excluding carboxylic acids is 3. The predicted molar refractivity (Wildman–Crippen MR) is 108 cm³/mol. The van der Waals surface area contributed by atoms with Crippen LogP contribution < -0.4 is 25.0 Å². The van der Waals surface area contributed by atoms with Gasteiger partial charge in [0.1, 0.15) is 17.4 Å². The summed E-state index contributed by atoms with van der Waals surface area (Å²) < 4.78 is 10.4. The van der Waals surface area contributed by atoms with E-state index in [4.69, 9.17) is 9.47 Å². The minimum Gasteiger partial charge on any atom is -0.497 e. The van der Waals surface area contributed by atoms with Crippen LogP contribution in [-0.4, -0.2) is 38.6 Å². The molecule has 29 heavy (non-hydrogen) atoms. The second-order valence-corrected chi connectivity index (χ2v) is 6.74. The number of anilines is 2. The van der Waals surface area contributed by atoms with E-state index in [1.165, 1.54) is 14.2 Å². The first-order chi connectivity index (χ1) is 13.8. The van der Waals surface area contributed by atoms with Crippen molar-refractivity contribution in [1.29, 1.82) is 0 Å². The number of nitrogens with one attached hydrogen (secondary N) is 2. The average molecular weight is 397 g/mol. The number of benzene rings is 2. The molecule has 1 aliphatic rings. The van der Waals surface area contributed by atoms with Gasteiger partial charge in [-0.1, -0.05) is 6.07 Å². The van der Waals surface area contributed by atoms with Crippen molar-refractivity contribution in [3.05, 3.63) is 47.5 Å². The fourth-order valence-electron chi connectivity index (χ4n) is 3.06. The summed E-state index contributed by atoms with van der Waals surface area (Å²) in [5.74, 6) is -1.25. The fraction of sp³-hybridized carbons (Fsp3) is 0.286. The summed E-state index contributed by atoms with van der Waals surface area (Å²) in [4.78, 5) is 39.2. The number of rotatable bonds is 5. The Kier molecular flexibility index (Phi) is 5.72. The molecular formula is C21H23N3O5. The molecule has 2 aromatic rings. The standard InChI is InChI=1S/C21H23N3O5/c1-12-5-6-14(9-13(12)2)24-20(26)16(11-22-21(24)27)19(25)23-17-10-15(28-3)7-8-18(17)29-4/h5-10,16H,11H2,1-4H3,(H,22,27)(H,23,25). The van der Waals surface area contributed by atoms with Crippen molar-refractivity contribution < 1.29 is 23.9 Å². The highest BCUT2D eigenvalue weighted by molar-refractivity contribution is 6.23. The maximum atomic E-state index is 13.0. The Labute approximate surface area is 168 Å². The Morgan fingerprint density at radius 2 is 1.83 bits per heavy atom. The number of carbonyl (C=O) groups is 3. The minimum atomic E-state index is -1.08. The van der Waals surface area contributed by atoms with Crippen LogP contribution in [0.25, 0.3) is 0 Å². The molecule has 0 radical (unpaired) electrons. The van der Waals surface area contributed by atoms with Crippen LogP contribution in [0.4, 0.5) is 16.2 Å². The molecule has 1 heterocycles. The molecule has 2 N–H and O–H groups in total. The number of imide groups is 1. The third-order valence-corrected chi connectivity index (χ3v) is 4.91. The first kappa shape index (κ1) is 20.2. The van der Waals surface area contributed by atoms with Crippen LogP contribution in [0.5, 0.6) is 11.5 Å². The van der Waals surface area contributed by atoms with Crippen LogP contribution in [0.3, 0.4) is 0 Å². The van der Waals surface area contributed by atoms with Crippen molar-refractivity contribution in [2.24, 2.45) is 5.92 Å². The molecule has 8 heteroatoms. The molecule has 1 saturated heterocycles. The summed E-state index contributed by atoms with van der Waals surface area (Å²) in [6, 6.07) is 9.66. The summed E-state index contributed by atoms with van der Waals surface area (Å²) in [5, 5.41) is 5.31. The van der Waals surface area contributed by atoms with Crippen LogP contribution in [0.1, 0.15) is 11.1 Å². The summed E-state index contributed by atoms with van der Waals surface area (Å²) >= 11 is 0. The monoisotopic (exact) mass is 397 g/mol. The lowest BCUT2D eigenvalue weighted by Gasteiger charge is -2.31. The topological polar surface area (TPSA) is 97.0 Å². The van der Waals surface area contributed by atoms with Gasteiger partial charge >= 0.3 is 6.03 Å². The molecule has 2 aromatic carbocycles. The summed E-state index contributed by atoms with van der Waals surface area (Å²) in [5.41, 5.74) is 2.78. The highest BCUT2D eigenvalue weighted by atomic mass is 16.5. The number of aryl methyl sites for hydroxylation is 2. The van der Waals surface area contributed by atoms with Crippen LogP contribution in [0.15, 0.2) is 36.4 Å². The van der Waals surface area contributed by atoms with E-state index in [0.717, 1.165) is 16.0 Å². The van der Waals surface area contributed by atoms with E-state index in [0.29, 0.717) is 22.9 Å². The molecule has 0 spiro atoms. The first-order valence-corrected chi connectivity index (χ1v) is 9.07. The van der Waals surface area contributed by atoms with Crippen LogP contribution in [0, 0.1) is 19.8 Å². The first-order valence-electron chi connectivity index (χ1n) is 9.07. The Bertz CT molecular complexity index is 973. The zero-order valence-corrected chi connectivity index (χ0v) is 16.7. The van der Waals surface area contributed by atoms with Crippen LogP contribution in [-0.2, 0) is 9.59 Å². The van der Waals surface area contributed by atoms with E-state index in [2.05, 4.69) is 10.6 Å². The van der Waals surface area contributed by atoms with Crippen molar-refractivity contribution in [3.63, 3.8) is 0 Å². The lowest BCUT2D eigenvalue weighted by Crippen LogP contribution is -2.58. The quantitative estimate of drug-likeness (QED) is 0.756. The number of nitrogens with zero attached hydrogens (tertiary/aromatic N) is 1. The fourth-order valence-corrected chi connectivity index (χ4v) is 3.06. The average Bonchev–Trinajstić information content (AvgIpc) is 2.70. The highest BCUT2D eigenvalue weighted by Crippen LogP contribution is 2.30. The Morgan fingerprint density at radius 1 is 1.07 bits per heavy atom. The lowest BCUT2D eigenvalue weighted by atomic mass is 10.0. The van der Waals surface area contributed by atoms with Gasteiger partial charge in [-0.05, 0) is 49.2 Å². The Balaban J connectivity index is 1.85. The second-order valence-electron chi connectivity index (χ2n) is 6.74. The largest absolute Gasteiger partial charge is 0.497 e. The lowest BCUT2D eigenvalue weighted by molar-refractivity contribution is -0.130. The molecule has 1 unspecified atom stereocenters. The van der Waals surface area contributed by atoms with Gasteiger partial charge in [-0.15, -0.1) is 0 Å². The number of methoxy groups -OCH3 is 2. The number of amides is 4. The molecule has 1 fully saturated rings. The van der Waals surface area contributed by atoms with E-state index in [9.17, 15) is 14.4 Å². The molecule has 0 bridgehead atoms. The van der Waals surface area contributed by atoms with Crippen LogP contribution in [0.2, 0.25) is 0 Å². The number of urea groups is 1. The normalized spacial score (nSPS) is 16.3. The van der Waals surface area contributed by atoms with Gasteiger partial charge < -0.3 is 20.1 Å². The molecule has 3 rings (SSSR count). The van der Waals surface area contributed by atoms with Crippen molar-refractivity contribution in [2.45, 2.75) is 13.8 Å². The molecule has 1 aliphatic heterocycles. The Hall–Kier alpha value is -3.55. The summed E-state index contributed by atoms with van der Waals surface area (Å²) in [6.45, 7) is 3.75. The molecule has 8 nitrogen and oxygen atoms in total. The second kappa shape index (κ2) is 8.22. The smallest absolute Gasteiger partial charge is 0.328 e. The van der Waals surface area contributed by atoms with Crippen molar-refractivity contribution in [2.75, 3.05) is 31.0 Å². The van der Waals surface area contributed by atoms with Gasteiger partial charge in [-0.25, -0.2) is 9.69 Å². The SMILES string of the molecule is COc1ccc(OC)c(NC(=O)C2CNC(=O)N(c3ccc(C)c(C)c3)C2=O)c1. The van der Waals surface area contributed by atoms with Gasteiger partial charge in [0.25, 0.3) is 0 Å². The summed E-state index contributed by atoms with van der Waals surface area (Å²) in [7, 11) is 2.99. The van der Waals surface area contributed by atoms with Gasteiger partial charge in [0.05, 0.1) is 25.6 Å². The highest BCUT2D eigenvalue weighted by Gasteiger charge is 2.39. The molecule has 1 atom stereocenters. The molecule has 4 amide bonds. The third-order valence-electron chi connectivity index (χ3n) is 4.91. The van der Waals surface area contributed by atoms with Crippen LogP contribution >= 0.6 is 0 Å². The number of hydrogen-bond acceptors (Lipinski definition) is 5. The van der Waals surface area contributed by atoms with E-state index in [1.807, 2.05) is 19.9 Å². The predicted octanol–water partition coefficient (Wildman–Crippen LogP) is 2.63. The van der Waals surface area contributed by atoms with Gasteiger partial charge in [0, 0.05) is 12.6 Å². The zero-order valence-electron chi connectivity index (χ0n) is 16.7. The maximum absolute atomic E-state index is 13.0. The van der Waals surface area contributed by atoms with E-state index in [1.54, 1.807) is 30.3 Å². The Morgan fingerprint density at radius 3 is 2.48 bits per heavy atom. The molecule has 0 saturated carbocycles. The third kappa shape index (κ3) is 4.01. The number of hydrogen-bond donors (Lipinski definition) is 2. The van der Waals surface area contributed by atoms with Gasteiger partial charge in [-0.2, -0.15) is 0 Å². The zero-order chi connectivity index (χ0) is 21.1. The van der Waals surface area contributed by atoms with E-state index in [-0.39, 0.29) is 6.54 Å². The van der Waals surface area contributed by atoms with Crippen molar-refractivity contribution in [1.82, 2.24) is 5.32 Å². The van der Waals surface area contributed by atoms with Gasteiger partial charge in [0.15, 0.2) is 0 Å². The van der Waals surface area contributed by atoms with E-state index < -0.39 is 23.8 Å². The molecule has 152 valence electrons. The van der Waals surface area contributed by atoms with Crippen molar-refractivity contribution >= 4 is 29.2 Å². The van der Waals surface area contributed by atoms with E-state index >= 15 is 0 Å². The molecule has 0 aliphatic carbocycles.